The zero-order chi connectivity index (χ0) is 11.3. The first-order valence-electron chi connectivity index (χ1n) is 5.30. The topological polar surface area (TPSA) is 38.1 Å². The van der Waals surface area contributed by atoms with Crippen LogP contribution in [-0.2, 0) is 6.54 Å². The summed E-state index contributed by atoms with van der Waals surface area (Å²) in [6.45, 7) is 7.91. The van der Waals surface area contributed by atoms with Gasteiger partial charge in [0.15, 0.2) is 0 Å². The van der Waals surface area contributed by atoms with Crippen LogP contribution >= 0.6 is 11.8 Å². The minimum atomic E-state index is 0.713. The predicted molar refractivity (Wildman–Crippen MR) is 65.3 cm³/mol. The summed E-state index contributed by atoms with van der Waals surface area (Å²) in [4.78, 5) is 4.31. The number of oxazole rings is 1. The Bertz CT molecular complexity index is 279. The van der Waals surface area contributed by atoms with Crippen LogP contribution in [0.15, 0.2) is 4.42 Å². The standard InChI is InChI=1S/C11H20N2OS/c1-8(15-4)5-6-12-7-11-13-9(2)10(3)14-11/h8,12H,5-7H2,1-4H3. The van der Waals surface area contributed by atoms with Gasteiger partial charge < -0.3 is 9.73 Å². The molecule has 1 heterocycles. The summed E-state index contributed by atoms with van der Waals surface area (Å²) in [6.07, 6.45) is 3.32. The van der Waals surface area contributed by atoms with Crippen molar-refractivity contribution in [2.24, 2.45) is 0 Å². The summed E-state index contributed by atoms with van der Waals surface area (Å²) in [7, 11) is 0. The van der Waals surface area contributed by atoms with E-state index < -0.39 is 0 Å². The van der Waals surface area contributed by atoms with Crippen molar-refractivity contribution < 1.29 is 4.42 Å². The van der Waals surface area contributed by atoms with Crippen LogP contribution < -0.4 is 5.32 Å². The lowest BCUT2D eigenvalue weighted by atomic mass is 10.3. The first-order valence-corrected chi connectivity index (χ1v) is 6.58. The third-order valence-corrected chi connectivity index (χ3v) is 3.52. The molecule has 86 valence electrons. The van der Waals surface area contributed by atoms with E-state index >= 15 is 0 Å². The Labute approximate surface area is 96.0 Å². The third-order valence-electron chi connectivity index (χ3n) is 2.48. The van der Waals surface area contributed by atoms with Gasteiger partial charge in [0.2, 0.25) is 5.89 Å². The molecule has 1 atom stereocenters. The van der Waals surface area contributed by atoms with Crippen molar-refractivity contribution in [3.05, 3.63) is 17.3 Å². The molecule has 0 fully saturated rings. The van der Waals surface area contributed by atoms with Gasteiger partial charge in [-0.3, -0.25) is 0 Å². The van der Waals surface area contributed by atoms with Gasteiger partial charge in [-0.15, -0.1) is 0 Å². The van der Waals surface area contributed by atoms with Crippen molar-refractivity contribution >= 4 is 11.8 Å². The average molecular weight is 228 g/mol. The molecule has 0 spiro atoms. The van der Waals surface area contributed by atoms with Crippen LogP contribution in [0.25, 0.3) is 0 Å². The molecule has 1 aromatic heterocycles. The number of aryl methyl sites for hydroxylation is 2. The van der Waals surface area contributed by atoms with E-state index in [0.717, 1.165) is 30.4 Å². The van der Waals surface area contributed by atoms with Crippen LogP contribution in [0.5, 0.6) is 0 Å². The van der Waals surface area contributed by atoms with Crippen molar-refractivity contribution in [1.82, 2.24) is 10.3 Å². The molecular formula is C11H20N2OS. The maximum Gasteiger partial charge on any atom is 0.208 e. The van der Waals surface area contributed by atoms with E-state index in [4.69, 9.17) is 4.42 Å². The quantitative estimate of drug-likeness (QED) is 0.759. The molecule has 0 amide bonds. The Morgan fingerprint density at radius 2 is 2.20 bits per heavy atom. The molecular weight excluding hydrogens is 208 g/mol. The Morgan fingerprint density at radius 1 is 1.47 bits per heavy atom. The zero-order valence-corrected chi connectivity index (χ0v) is 10.8. The fourth-order valence-corrected chi connectivity index (χ4v) is 1.59. The second-order valence-electron chi connectivity index (χ2n) is 3.76. The van der Waals surface area contributed by atoms with E-state index in [2.05, 4.69) is 23.5 Å². The second-order valence-corrected chi connectivity index (χ2v) is 5.04. The molecule has 1 aromatic rings. The highest BCUT2D eigenvalue weighted by Gasteiger charge is 2.04. The summed E-state index contributed by atoms with van der Waals surface area (Å²) < 4.78 is 5.47. The van der Waals surface area contributed by atoms with Crippen LogP contribution in [0.3, 0.4) is 0 Å². The van der Waals surface area contributed by atoms with E-state index in [0.29, 0.717) is 5.25 Å². The van der Waals surface area contributed by atoms with Crippen LogP contribution in [0.2, 0.25) is 0 Å². The number of nitrogens with one attached hydrogen (secondary N) is 1. The summed E-state index contributed by atoms with van der Waals surface area (Å²) >= 11 is 1.90. The number of hydrogen-bond donors (Lipinski definition) is 1. The summed E-state index contributed by atoms with van der Waals surface area (Å²) in [5.74, 6) is 1.71. The first kappa shape index (κ1) is 12.6. The summed E-state index contributed by atoms with van der Waals surface area (Å²) in [5, 5.41) is 4.05. The fourth-order valence-electron chi connectivity index (χ4n) is 1.23. The number of thioether (sulfide) groups is 1. The lowest BCUT2D eigenvalue weighted by molar-refractivity contribution is 0.448. The highest BCUT2D eigenvalue weighted by atomic mass is 32.2. The molecule has 4 heteroatoms. The molecule has 0 saturated heterocycles. The van der Waals surface area contributed by atoms with E-state index in [1.54, 1.807) is 0 Å². The lowest BCUT2D eigenvalue weighted by Crippen LogP contribution is -2.17. The van der Waals surface area contributed by atoms with Crippen LogP contribution in [-0.4, -0.2) is 23.0 Å². The van der Waals surface area contributed by atoms with Gasteiger partial charge in [-0.2, -0.15) is 11.8 Å². The second kappa shape index (κ2) is 6.18. The minimum absolute atomic E-state index is 0.713. The molecule has 1 unspecified atom stereocenters. The maximum absolute atomic E-state index is 5.47. The Hall–Kier alpha value is -0.480. The molecule has 0 aliphatic carbocycles. The number of aromatic nitrogens is 1. The largest absolute Gasteiger partial charge is 0.444 e. The van der Waals surface area contributed by atoms with Gasteiger partial charge in [-0.1, -0.05) is 6.92 Å². The Balaban J connectivity index is 2.20. The van der Waals surface area contributed by atoms with Gasteiger partial charge in [-0.05, 0) is 33.1 Å². The van der Waals surface area contributed by atoms with E-state index in [9.17, 15) is 0 Å². The molecule has 0 aliphatic rings. The fraction of sp³-hybridized carbons (Fsp3) is 0.727. The normalized spacial score (nSPS) is 13.1. The molecule has 0 radical (unpaired) electrons. The minimum Gasteiger partial charge on any atom is -0.444 e. The lowest BCUT2D eigenvalue weighted by Gasteiger charge is -2.07. The highest BCUT2D eigenvalue weighted by molar-refractivity contribution is 7.99. The summed E-state index contributed by atoms with van der Waals surface area (Å²) in [6, 6.07) is 0. The predicted octanol–water partition coefficient (Wildman–Crippen LogP) is 2.52. The molecule has 0 bridgehead atoms. The van der Waals surface area contributed by atoms with Crippen molar-refractivity contribution in [1.29, 1.82) is 0 Å². The van der Waals surface area contributed by atoms with E-state index in [-0.39, 0.29) is 0 Å². The van der Waals surface area contributed by atoms with Crippen molar-refractivity contribution in [3.63, 3.8) is 0 Å². The highest BCUT2D eigenvalue weighted by Crippen LogP contribution is 2.09. The van der Waals surface area contributed by atoms with Crippen LogP contribution in [0, 0.1) is 13.8 Å². The molecule has 0 saturated carbocycles. The van der Waals surface area contributed by atoms with Gasteiger partial charge in [0, 0.05) is 5.25 Å². The van der Waals surface area contributed by atoms with E-state index in [1.807, 2.05) is 25.6 Å². The van der Waals surface area contributed by atoms with Gasteiger partial charge in [0.1, 0.15) is 5.76 Å². The van der Waals surface area contributed by atoms with Crippen LogP contribution in [0.1, 0.15) is 30.7 Å². The van der Waals surface area contributed by atoms with Gasteiger partial charge in [-0.25, -0.2) is 4.98 Å². The van der Waals surface area contributed by atoms with Gasteiger partial charge in [0.05, 0.1) is 12.2 Å². The van der Waals surface area contributed by atoms with E-state index in [1.165, 1.54) is 6.42 Å². The molecule has 1 rings (SSSR count). The molecule has 1 N–H and O–H groups in total. The van der Waals surface area contributed by atoms with Crippen molar-refractivity contribution in [3.8, 4) is 0 Å². The first-order chi connectivity index (χ1) is 7.13. The SMILES string of the molecule is CSC(C)CCNCc1nc(C)c(C)o1. The van der Waals surface area contributed by atoms with Crippen LogP contribution in [0.4, 0.5) is 0 Å². The number of hydrogen-bond acceptors (Lipinski definition) is 4. The molecule has 3 nitrogen and oxygen atoms in total. The molecule has 0 aliphatic heterocycles. The third kappa shape index (κ3) is 4.26. The Kier molecular flexibility index (Phi) is 5.19. The van der Waals surface area contributed by atoms with Gasteiger partial charge >= 0.3 is 0 Å². The molecule has 0 aromatic carbocycles. The Morgan fingerprint density at radius 3 is 2.73 bits per heavy atom. The maximum atomic E-state index is 5.47. The smallest absolute Gasteiger partial charge is 0.208 e. The average Bonchev–Trinajstić information content (AvgIpc) is 2.53. The summed E-state index contributed by atoms with van der Waals surface area (Å²) in [5.41, 5.74) is 0.990. The van der Waals surface area contributed by atoms with Crippen molar-refractivity contribution in [2.45, 2.75) is 39.0 Å². The molecule has 15 heavy (non-hydrogen) atoms. The monoisotopic (exact) mass is 228 g/mol. The van der Waals surface area contributed by atoms with Crippen molar-refractivity contribution in [2.75, 3.05) is 12.8 Å². The number of nitrogens with zero attached hydrogens (tertiary/aromatic N) is 1. The van der Waals surface area contributed by atoms with Gasteiger partial charge in [0.25, 0.3) is 0 Å². The number of rotatable bonds is 6. The zero-order valence-electron chi connectivity index (χ0n) is 9.96.